The highest BCUT2D eigenvalue weighted by atomic mass is 19.1. The van der Waals surface area contributed by atoms with Gasteiger partial charge in [-0.25, -0.2) is 13.6 Å². The van der Waals surface area contributed by atoms with Crippen LogP contribution in [-0.4, -0.2) is 47.9 Å². The Morgan fingerprint density at radius 1 is 1.17 bits per heavy atom. The summed E-state index contributed by atoms with van der Waals surface area (Å²) in [6.07, 6.45) is -1.27. The van der Waals surface area contributed by atoms with Gasteiger partial charge in [0, 0.05) is 18.2 Å². The predicted molar refractivity (Wildman–Crippen MR) is 126 cm³/mol. The molecular weight excluding hydrogens is 458 g/mol. The summed E-state index contributed by atoms with van der Waals surface area (Å²) >= 11 is 0. The molecule has 9 heteroatoms. The summed E-state index contributed by atoms with van der Waals surface area (Å²) < 4.78 is 38.3. The van der Waals surface area contributed by atoms with Crippen LogP contribution in [0.25, 0.3) is 0 Å². The Morgan fingerprint density at radius 2 is 1.86 bits per heavy atom. The molecule has 1 aliphatic heterocycles. The standard InChI is InChI=1S/C26H32F2N2O5/c1-5-15-6-7-23-19(10-15)24(22(32)14-34-23)29-13-21(31)20(30-25(33)35-26(2,3)4)11-16-8-17(27)12-18(28)9-16/h6-10,12,20-21,24,29,31H,5,11,13-14H2,1-4H3,(H,30,33). The molecule has 2 aromatic rings. The normalized spacial score (nSPS) is 17.2. The van der Waals surface area contributed by atoms with Crippen molar-refractivity contribution in [2.24, 2.45) is 0 Å². The summed E-state index contributed by atoms with van der Waals surface area (Å²) in [5.74, 6) is -1.13. The van der Waals surface area contributed by atoms with E-state index < -0.39 is 41.5 Å². The van der Waals surface area contributed by atoms with E-state index in [1.54, 1.807) is 20.8 Å². The molecule has 0 saturated carbocycles. The molecule has 35 heavy (non-hydrogen) atoms. The Bertz CT molecular complexity index is 1050. The van der Waals surface area contributed by atoms with Crippen LogP contribution in [0.2, 0.25) is 0 Å². The van der Waals surface area contributed by atoms with E-state index in [4.69, 9.17) is 9.47 Å². The van der Waals surface area contributed by atoms with Gasteiger partial charge >= 0.3 is 6.09 Å². The number of hydrogen-bond donors (Lipinski definition) is 3. The molecule has 1 amide bonds. The van der Waals surface area contributed by atoms with Crippen LogP contribution >= 0.6 is 0 Å². The molecular formula is C26H32F2N2O5. The molecule has 3 rings (SSSR count). The quantitative estimate of drug-likeness (QED) is 0.523. The number of amides is 1. The Labute approximate surface area is 203 Å². The molecule has 3 atom stereocenters. The Morgan fingerprint density at radius 3 is 2.49 bits per heavy atom. The minimum atomic E-state index is -1.21. The molecule has 3 unspecified atom stereocenters. The van der Waals surface area contributed by atoms with Crippen LogP contribution in [0.15, 0.2) is 36.4 Å². The van der Waals surface area contributed by atoms with Crippen LogP contribution in [-0.2, 0) is 22.4 Å². The second kappa shape index (κ2) is 11.1. The predicted octanol–water partition coefficient (Wildman–Crippen LogP) is 3.62. The zero-order chi connectivity index (χ0) is 25.8. The number of alkyl carbamates (subject to hydrolysis) is 1. The second-order valence-electron chi connectivity index (χ2n) is 9.62. The van der Waals surface area contributed by atoms with Crippen molar-refractivity contribution >= 4 is 11.9 Å². The first kappa shape index (κ1) is 26.6. The molecule has 0 spiro atoms. The third-order valence-corrected chi connectivity index (χ3v) is 5.56. The SMILES string of the molecule is CCc1ccc2c(c1)C(NCC(O)C(Cc1cc(F)cc(F)c1)NC(=O)OC(C)(C)C)C(=O)CO2. The number of fused-ring (bicyclic) bond motifs is 1. The highest BCUT2D eigenvalue weighted by Crippen LogP contribution is 2.31. The summed E-state index contributed by atoms with van der Waals surface area (Å²) in [5.41, 5.74) is 1.18. The van der Waals surface area contributed by atoms with E-state index in [1.807, 2.05) is 25.1 Å². The number of ketones is 1. The summed E-state index contributed by atoms with van der Waals surface area (Å²) in [6, 6.07) is 7.01. The third-order valence-electron chi connectivity index (χ3n) is 5.56. The van der Waals surface area contributed by atoms with E-state index in [0.29, 0.717) is 11.3 Å². The maximum atomic E-state index is 13.7. The zero-order valence-corrected chi connectivity index (χ0v) is 20.4. The fourth-order valence-corrected chi connectivity index (χ4v) is 3.91. The lowest BCUT2D eigenvalue weighted by molar-refractivity contribution is -0.124. The van der Waals surface area contributed by atoms with Crippen molar-refractivity contribution in [3.8, 4) is 5.75 Å². The van der Waals surface area contributed by atoms with Gasteiger partial charge in [-0.1, -0.05) is 19.1 Å². The van der Waals surface area contributed by atoms with Crippen LogP contribution in [0.1, 0.15) is 50.4 Å². The van der Waals surface area contributed by atoms with Gasteiger partial charge in [-0.15, -0.1) is 0 Å². The second-order valence-corrected chi connectivity index (χ2v) is 9.62. The lowest BCUT2D eigenvalue weighted by Gasteiger charge is -2.30. The molecule has 0 fully saturated rings. The molecule has 2 aromatic carbocycles. The van der Waals surface area contributed by atoms with Crippen LogP contribution in [0, 0.1) is 11.6 Å². The van der Waals surface area contributed by atoms with Crippen LogP contribution in [0.3, 0.4) is 0 Å². The van der Waals surface area contributed by atoms with E-state index in [1.165, 1.54) is 0 Å². The van der Waals surface area contributed by atoms with E-state index in [0.717, 1.165) is 30.2 Å². The van der Waals surface area contributed by atoms with Gasteiger partial charge in [-0.3, -0.25) is 4.79 Å². The van der Waals surface area contributed by atoms with Crippen molar-refractivity contribution in [1.82, 2.24) is 10.6 Å². The van der Waals surface area contributed by atoms with Gasteiger partial charge in [0.1, 0.15) is 29.6 Å². The van der Waals surface area contributed by atoms with Gasteiger partial charge in [0.05, 0.1) is 18.2 Å². The fourth-order valence-electron chi connectivity index (χ4n) is 3.91. The summed E-state index contributed by atoms with van der Waals surface area (Å²) in [4.78, 5) is 25.0. The monoisotopic (exact) mass is 490 g/mol. The van der Waals surface area contributed by atoms with Crippen molar-refractivity contribution in [1.29, 1.82) is 0 Å². The molecule has 7 nitrogen and oxygen atoms in total. The Hall–Kier alpha value is -3.04. The number of halogens is 2. The van der Waals surface area contributed by atoms with Gasteiger partial charge in [0.2, 0.25) is 0 Å². The van der Waals surface area contributed by atoms with Gasteiger partial charge < -0.3 is 25.2 Å². The molecule has 1 aliphatic rings. The minimum absolute atomic E-state index is 0.0605. The Balaban J connectivity index is 1.77. The van der Waals surface area contributed by atoms with Crippen LogP contribution in [0.5, 0.6) is 5.75 Å². The van der Waals surface area contributed by atoms with Crippen molar-refractivity contribution < 1.29 is 33.0 Å². The summed E-state index contributed by atoms with van der Waals surface area (Å²) in [7, 11) is 0. The Kier molecular flexibility index (Phi) is 8.45. The average Bonchev–Trinajstić information content (AvgIpc) is 2.75. The largest absolute Gasteiger partial charge is 0.485 e. The number of aryl methyl sites for hydroxylation is 1. The fraction of sp³-hybridized carbons (Fsp3) is 0.462. The number of aliphatic hydroxyl groups excluding tert-OH is 1. The molecule has 0 saturated heterocycles. The highest BCUT2D eigenvalue weighted by Gasteiger charge is 2.31. The van der Waals surface area contributed by atoms with Crippen molar-refractivity contribution in [3.05, 3.63) is 64.7 Å². The molecule has 0 bridgehead atoms. The lowest BCUT2D eigenvalue weighted by atomic mass is 9.95. The number of aliphatic hydroxyl groups is 1. The highest BCUT2D eigenvalue weighted by molar-refractivity contribution is 5.89. The van der Waals surface area contributed by atoms with Crippen molar-refractivity contribution in [2.45, 2.75) is 64.3 Å². The number of benzene rings is 2. The van der Waals surface area contributed by atoms with Crippen LogP contribution < -0.4 is 15.4 Å². The first-order valence-electron chi connectivity index (χ1n) is 11.6. The third kappa shape index (κ3) is 7.47. The van der Waals surface area contributed by atoms with Crippen LogP contribution in [0.4, 0.5) is 13.6 Å². The van der Waals surface area contributed by atoms with Gasteiger partial charge in [0.15, 0.2) is 5.78 Å². The van der Waals surface area contributed by atoms with E-state index >= 15 is 0 Å². The maximum Gasteiger partial charge on any atom is 0.407 e. The summed E-state index contributed by atoms with van der Waals surface area (Å²) in [5, 5.41) is 16.6. The molecule has 0 aromatic heterocycles. The maximum absolute atomic E-state index is 13.7. The van der Waals surface area contributed by atoms with Crippen molar-refractivity contribution in [3.63, 3.8) is 0 Å². The topological polar surface area (TPSA) is 96.9 Å². The van der Waals surface area contributed by atoms with E-state index in [9.17, 15) is 23.5 Å². The number of Topliss-reactive ketones (excluding diaryl/α,β-unsaturated/α-hetero) is 1. The lowest BCUT2D eigenvalue weighted by Crippen LogP contribution is -2.51. The van der Waals surface area contributed by atoms with Gasteiger partial charge in [0.25, 0.3) is 0 Å². The number of carbonyl (C=O) groups is 2. The minimum Gasteiger partial charge on any atom is -0.485 e. The molecule has 1 heterocycles. The van der Waals surface area contributed by atoms with Crippen molar-refractivity contribution in [2.75, 3.05) is 13.2 Å². The van der Waals surface area contributed by atoms with Gasteiger partial charge in [-0.2, -0.15) is 0 Å². The first-order valence-corrected chi connectivity index (χ1v) is 11.6. The number of nitrogens with one attached hydrogen (secondary N) is 2. The molecule has 0 aliphatic carbocycles. The molecule has 3 N–H and O–H groups in total. The number of hydrogen-bond acceptors (Lipinski definition) is 6. The zero-order valence-electron chi connectivity index (χ0n) is 20.4. The molecule has 0 radical (unpaired) electrons. The van der Waals surface area contributed by atoms with E-state index in [2.05, 4.69) is 10.6 Å². The van der Waals surface area contributed by atoms with E-state index in [-0.39, 0.29) is 30.9 Å². The number of ether oxygens (including phenoxy) is 2. The first-order chi connectivity index (χ1) is 16.4. The summed E-state index contributed by atoms with van der Waals surface area (Å²) in [6.45, 7) is 6.90. The number of carbonyl (C=O) groups excluding carboxylic acids is 2. The average molecular weight is 491 g/mol. The molecule has 190 valence electrons. The van der Waals surface area contributed by atoms with Gasteiger partial charge in [-0.05, 0) is 62.9 Å². The number of rotatable bonds is 8. The smallest absolute Gasteiger partial charge is 0.407 e.